The summed E-state index contributed by atoms with van der Waals surface area (Å²) in [7, 11) is 1.68. The Morgan fingerprint density at radius 3 is 1.51 bits per heavy atom. The summed E-state index contributed by atoms with van der Waals surface area (Å²) in [5.41, 5.74) is 1.83. The number of para-hydroxylation sites is 1. The summed E-state index contributed by atoms with van der Waals surface area (Å²) in [6.45, 7) is 26.3. The number of nitrogens with zero attached hydrogens (tertiary/aromatic N) is 8. The van der Waals surface area contributed by atoms with E-state index in [4.69, 9.17) is 0 Å². The Morgan fingerprint density at radius 2 is 0.957 bits per heavy atom. The maximum Gasteiger partial charge on any atom is 0.336 e. The second-order valence-corrected chi connectivity index (χ2v) is 17.1. The SMILES string of the molecule is C.C.CC.CC.CC(C)n1c(=O)c2ccccc2n(C)c1=O.CC(C)n1c(=O)cc2sccn2c1=O.Cc1c(=O)n(C(C)C)c(=O)n2ccccc12.Cc1ccc(-n2ccc(=O)n(C(C)C)c2=O)cc1. The van der Waals surface area contributed by atoms with Gasteiger partial charge in [-0.25, -0.2) is 19.2 Å². The molecule has 0 saturated carbocycles. The molecule has 0 atom stereocenters. The zero-order chi connectivity index (χ0) is 51.3. The Morgan fingerprint density at radius 1 is 0.471 bits per heavy atom. The molecule has 0 aliphatic heterocycles. The fraction of sp³-hybridized carbons (Fsp3) is 0.396. The van der Waals surface area contributed by atoms with Crippen molar-refractivity contribution in [2.75, 3.05) is 0 Å². The molecule has 6 aromatic heterocycles. The second kappa shape index (κ2) is 27.2. The number of hydrogen-bond acceptors (Lipinski definition) is 9. The van der Waals surface area contributed by atoms with Gasteiger partial charge in [-0.1, -0.05) is 78.4 Å². The largest absolute Gasteiger partial charge is 0.336 e. The summed E-state index contributed by atoms with van der Waals surface area (Å²) in [5, 5.41) is 2.37. The lowest BCUT2D eigenvalue weighted by molar-refractivity contribution is 0.532. The molecule has 380 valence electrons. The van der Waals surface area contributed by atoms with Crippen molar-refractivity contribution in [3.05, 3.63) is 197 Å². The number of thiazole rings is 1. The maximum absolute atomic E-state index is 12.2. The minimum Gasteiger partial charge on any atom is -0.296 e. The van der Waals surface area contributed by atoms with Gasteiger partial charge >= 0.3 is 22.8 Å². The second-order valence-electron chi connectivity index (χ2n) is 16.2. The molecule has 0 N–H and O–H groups in total. The molecule has 70 heavy (non-hydrogen) atoms. The number of pyridine rings is 1. The van der Waals surface area contributed by atoms with Gasteiger partial charge in [0, 0.05) is 72.9 Å². The van der Waals surface area contributed by atoms with Crippen LogP contribution in [0.5, 0.6) is 0 Å². The van der Waals surface area contributed by atoms with Crippen molar-refractivity contribution >= 4 is 32.6 Å². The van der Waals surface area contributed by atoms with Gasteiger partial charge in [-0.05, 0) is 106 Å². The highest BCUT2D eigenvalue weighted by Crippen LogP contribution is 2.10. The monoisotopic (exact) mass is 983 g/mol. The third kappa shape index (κ3) is 13.3. The van der Waals surface area contributed by atoms with E-state index >= 15 is 0 Å². The molecule has 0 aliphatic carbocycles. The molecule has 0 spiro atoms. The van der Waals surface area contributed by atoms with E-state index in [9.17, 15) is 38.4 Å². The highest BCUT2D eigenvalue weighted by atomic mass is 32.1. The molecular formula is C53H74N8O8S. The first-order chi connectivity index (χ1) is 32.2. The van der Waals surface area contributed by atoms with Crippen molar-refractivity contribution in [3.8, 4) is 5.69 Å². The van der Waals surface area contributed by atoms with Crippen LogP contribution in [0.3, 0.4) is 0 Å². The Kier molecular flexibility index (Phi) is 23.6. The standard InChI is InChI=1S/C14H16N2O2.2C12H14N2O2.C9H10N2O2S.2C2H6.2CH4/c1-10(2)16-13(17)8-9-15(14(16)18)12-6-4-11(3)5-7-12;1-8(2)14-11(15)9-6-4-5-7-10(9)13(3)12(14)16;1-8(2)14-11(15)9(3)10-6-4-5-7-13(10)12(14)16;1-6(2)11-7(12)5-8-10(9(11)13)3-4-14-8;2*1-2;;/h4-10H,1-3H3;2*4-8H,1-3H3;3-6H,1-2H3;2*1-2H3;2*1H4. The van der Waals surface area contributed by atoms with Gasteiger partial charge in [-0.15, -0.1) is 11.3 Å². The molecule has 6 heterocycles. The first-order valence-corrected chi connectivity index (χ1v) is 23.6. The molecule has 0 radical (unpaired) electrons. The Hall–Kier alpha value is -7.14. The van der Waals surface area contributed by atoms with Crippen LogP contribution in [-0.2, 0) is 7.05 Å². The van der Waals surface area contributed by atoms with Gasteiger partial charge < -0.3 is 0 Å². The van der Waals surface area contributed by atoms with Gasteiger partial charge in [-0.2, -0.15) is 0 Å². The first kappa shape index (κ1) is 60.9. The van der Waals surface area contributed by atoms with Gasteiger partial charge in [0.15, 0.2) is 0 Å². The van der Waals surface area contributed by atoms with E-state index in [0.717, 1.165) is 11.3 Å². The molecule has 0 fully saturated rings. The predicted molar refractivity (Wildman–Crippen MR) is 291 cm³/mol. The van der Waals surface area contributed by atoms with E-state index in [-0.39, 0.29) is 84.0 Å². The Bertz CT molecular complexity index is 3350. The van der Waals surface area contributed by atoms with E-state index in [0.29, 0.717) is 26.8 Å². The third-order valence-electron chi connectivity index (χ3n) is 10.3. The summed E-state index contributed by atoms with van der Waals surface area (Å²) in [4.78, 5) is 96.1. The number of aryl methyl sites for hydroxylation is 3. The smallest absolute Gasteiger partial charge is 0.296 e. The van der Waals surface area contributed by atoms with Gasteiger partial charge in [0.05, 0.1) is 22.1 Å². The minimum atomic E-state index is -0.304. The molecule has 8 rings (SSSR count). The van der Waals surface area contributed by atoms with Crippen molar-refractivity contribution in [1.82, 2.24) is 36.2 Å². The van der Waals surface area contributed by atoms with E-state index in [1.54, 1.807) is 62.1 Å². The molecule has 0 amide bonds. The summed E-state index contributed by atoms with van der Waals surface area (Å²) >= 11 is 1.39. The van der Waals surface area contributed by atoms with Crippen LogP contribution < -0.4 is 45.0 Å². The fourth-order valence-corrected chi connectivity index (χ4v) is 7.77. The molecule has 0 saturated heterocycles. The average molecular weight is 983 g/mol. The van der Waals surface area contributed by atoms with E-state index in [2.05, 4.69) is 0 Å². The molecule has 0 bridgehead atoms. The van der Waals surface area contributed by atoms with Crippen molar-refractivity contribution in [3.63, 3.8) is 0 Å². The lowest BCUT2D eigenvalue weighted by atomic mass is 10.2. The fourth-order valence-electron chi connectivity index (χ4n) is 7.03. The van der Waals surface area contributed by atoms with Crippen LogP contribution in [0.4, 0.5) is 0 Å². The van der Waals surface area contributed by atoms with Gasteiger partial charge in [0.1, 0.15) is 4.83 Å². The number of hydrogen-bond donors (Lipinski definition) is 0. The van der Waals surface area contributed by atoms with E-state index in [1.165, 1.54) is 65.9 Å². The zero-order valence-corrected chi connectivity index (χ0v) is 42.7. The van der Waals surface area contributed by atoms with Crippen LogP contribution in [0, 0.1) is 13.8 Å². The number of benzene rings is 2. The van der Waals surface area contributed by atoms with E-state index in [1.807, 2.05) is 126 Å². The Balaban J connectivity index is 0.000000452. The number of rotatable bonds is 5. The number of fused-ring (bicyclic) bond motifs is 3. The van der Waals surface area contributed by atoms with Crippen LogP contribution in [0.1, 0.15) is 133 Å². The van der Waals surface area contributed by atoms with Gasteiger partial charge in [0.2, 0.25) is 0 Å². The summed E-state index contributed by atoms with van der Waals surface area (Å²) in [6, 6.07) is 22.5. The summed E-state index contributed by atoms with van der Waals surface area (Å²) < 4.78 is 11.1. The number of aromatic nitrogens is 8. The molecule has 0 aliphatic rings. The summed E-state index contributed by atoms with van der Waals surface area (Å²) in [6.07, 6.45) is 4.89. The van der Waals surface area contributed by atoms with Crippen molar-refractivity contribution in [1.29, 1.82) is 0 Å². The zero-order valence-electron chi connectivity index (χ0n) is 41.9. The van der Waals surface area contributed by atoms with Crippen molar-refractivity contribution in [2.45, 2.75) is 136 Å². The average Bonchev–Trinajstić information content (AvgIpc) is 3.79. The van der Waals surface area contributed by atoms with Crippen molar-refractivity contribution in [2.24, 2.45) is 7.05 Å². The normalized spacial score (nSPS) is 10.4. The lowest BCUT2D eigenvalue weighted by Gasteiger charge is -2.12. The minimum absolute atomic E-state index is 0. The van der Waals surface area contributed by atoms with Crippen LogP contribution in [0.25, 0.3) is 26.9 Å². The molecule has 2 aromatic carbocycles. The van der Waals surface area contributed by atoms with Crippen LogP contribution >= 0.6 is 11.3 Å². The first-order valence-electron chi connectivity index (χ1n) is 22.7. The molecule has 0 unspecified atom stereocenters. The van der Waals surface area contributed by atoms with Crippen LogP contribution in [0.2, 0.25) is 0 Å². The van der Waals surface area contributed by atoms with Crippen LogP contribution in [-0.4, -0.2) is 36.2 Å². The quantitative estimate of drug-likeness (QED) is 0.164. The van der Waals surface area contributed by atoms with Gasteiger partial charge in [0.25, 0.3) is 22.2 Å². The maximum atomic E-state index is 12.2. The molecular weight excluding hydrogens is 909 g/mol. The van der Waals surface area contributed by atoms with E-state index < -0.39 is 0 Å². The van der Waals surface area contributed by atoms with Gasteiger partial charge in [-0.3, -0.25) is 55.4 Å². The van der Waals surface area contributed by atoms with Crippen molar-refractivity contribution < 1.29 is 0 Å². The highest BCUT2D eigenvalue weighted by Gasteiger charge is 2.14. The topological polar surface area (TPSA) is 175 Å². The molecule has 8 aromatic rings. The Labute approximate surface area is 413 Å². The predicted octanol–water partition coefficient (Wildman–Crippen LogP) is 8.95. The highest BCUT2D eigenvalue weighted by molar-refractivity contribution is 7.15. The summed E-state index contributed by atoms with van der Waals surface area (Å²) in [5.74, 6) is 0. The van der Waals surface area contributed by atoms with Crippen LogP contribution in [0.15, 0.2) is 141 Å². The lowest BCUT2D eigenvalue weighted by Crippen LogP contribution is -2.40. The third-order valence-corrected chi connectivity index (χ3v) is 11.1. The molecule has 17 heteroatoms. The molecule has 16 nitrogen and oxygen atoms in total.